The van der Waals surface area contributed by atoms with E-state index in [9.17, 15) is 20.4 Å². The molecule has 0 heterocycles. The van der Waals surface area contributed by atoms with E-state index in [0.29, 0.717) is 18.1 Å². The quantitative estimate of drug-likeness (QED) is 0.0917. The van der Waals surface area contributed by atoms with Crippen LogP contribution in [0.15, 0.2) is 97.1 Å². The van der Waals surface area contributed by atoms with E-state index in [1.807, 2.05) is 112 Å². The summed E-state index contributed by atoms with van der Waals surface area (Å²) >= 11 is 0. The summed E-state index contributed by atoms with van der Waals surface area (Å²) in [6.45, 7) is 13.7. The molecule has 0 fully saturated rings. The highest BCUT2D eigenvalue weighted by Crippen LogP contribution is 2.27. The van der Waals surface area contributed by atoms with E-state index >= 15 is 0 Å². The number of aliphatic hydroxyl groups is 4. The Morgan fingerprint density at radius 3 is 1.27 bits per heavy atom. The summed E-state index contributed by atoms with van der Waals surface area (Å²) in [6, 6.07) is 29.3. The molecule has 0 bridgehead atoms. The molecule has 0 saturated carbocycles. The van der Waals surface area contributed by atoms with Gasteiger partial charge in [0.2, 0.25) is 0 Å². The largest absolute Gasteiger partial charge is 0.496 e. The van der Waals surface area contributed by atoms with Crippen molar-refractivity contribution in [1.82, 2.24) is 0 Å². The summed E-state index contributed by atoms with van der Waals surface area (Å²) in [7, 11) is 1.58. The first-order valence-electron chi connectivity index (χ1n) is 17.8. The number of benzene rings is 4. The second-order valence-corrected chi connectivity index (χ2v) is 12.8. The monoisotopic (exact) mass is 720 g/mol. The first kappa shape index (κ1) is 46.2. The molecule has 288 valence electrons. The third-order valence-electron chi connectivity index (χ3n) is 8.25. The van der Waals surface area contributed by atoms with Crippen LogP contribution in [0, 0.1) is 6.92 Å². The highest BCUT2D eigenvalue weighted by molar-refractivity contribution is 5.36. The Kier molecular flexibility index (Phi) is 21.7. The standard InChI is InChI=1S/C11H17NO2.C11H17NO.C10H15NO2.C10H15NO/c1-3-14-10-7-5-4-6-9(10)11(13)8(2)12;1-3-9-6-4-5-7-10(9)11(13)8(2)12;1-7(11)10(12)8-5-3-4-6-9(8)13-2;1-7-5-3-4-6-9(7)10(12)8(2)11/h4-8,11,13H,3,12H2,1-2H3;4-8,11,13H,3,12H2,1-2H3;3-7,10,12H,11H2,1-2H3;3-6,8,10,12H,11H2,1-2H3. The van der Waals surface area contributed by atoms with E-state index in [1.165, 1.54) is 5.56 Å². The van der Waals surface area contributed by atoms with Crippen molar-refractivity contribution < 1.29 is 29.9 Å². The molecule has 12 N–H and O–H groups in total. The van der Waals surface area contributed by atoms with Crippen molar-refractivity contribution in [2.75, 3.05) is 13.7 Å². The minimum Gasteiger partial charge on any atom is -0.496 e. The first-order valence-corrected chi connectivity index (χ1v) is 17.8. The van der Waals surface area contributed by atoms with Crippen LogP contribution in [0.1, 0.15) is 99.3 Å². The van der Waals surface area contributed by atoms with E-state index in [-0.39, 0.29) is 24.2 Å². The van der Waals surface area contributed by atoms with Gasteiger partial charge in [0.1, 0.15) is 11.5 Å². The van der Waals surface area contributed by atoms with Crippen LogP contribution in [0.4, 0.5) is 0 Å². The van der Waals surface area contributed by atoms with Crippen molar-refractivity contribution in [3.63, 3.8) is 0 Å². The molecule has 0 aliphatic heterocycles. The molecule has 52 heavy (non-hydrogen) atoms. The van der Waals surface area contributed by atoms with E-state index in [0.717, 1.165) is 34.2 Å². The van der Waals surface area contributed by atoms with Gasteiger partial charge >= 0.3 is 0 Å². The lowest BCUT2D eigenvalue weighted by molar-refractivity contribution is 0.148. The van der Waals surface area contributed by atoms with Crippen molar-refractivity contribution in [1.29, 1.82) is 0 Å². The van der Waals surface area contributed by atoms with Gasteiger partial charge in [-0.2, -0.15) is 0 Å². The lowest BCUT2D eigenvalue weighted by atomic mass is 9.97. The maximum absolute atomic E-state index is 9.80. The summed E-state index contributed by atoms with van der Waals surface area (Å²) in [5, 5.41) is 38.9. The van der Waals surface area contributed by atoms with Crippen molar-refractivity contribution in [2.24, 2.45) is 22.9 Å². The van der Waals surface area contributed by atoms with Crippen molar-refractivity contribution in [3.05, 3.63) is 130 Å². The zero-order chi connectivity index (χ0) is 39.4. The van der Waals surface area contributed by atoms with Crippen LogP contribution in [0.25, 0.3) is 0 Å². The maximum Gasteiger partial charge on any atom is 0.125 e. The number of ether oxygens (including phenoxy) is 2. The van der Waals surface area contributed by atoms with Crippen LogP contribution < -0.4 is 32.4 Å². The van der Waals surface area contributed by atoms with E-state index in [2.05, 4.69) is 6.92 Å². The van der Waals surface area contributed by atoms with Crippen molar-refractivity contribution in [2.45, 2.75) is 103 Å². The number of hydrogen-bond acceptors (Lipinski definition) is 10. The van der Waals surface area contributed by atoms with Crippen LogP contribution in [0.3, 0.4) is 0 Å². The molecule has 8 atom stereocenters. The Morgan fingerprint density at radius 1 is 0.500 bits per heavy atom. The van der Waals surface area contributed by atoms with E-state index in [4.69, 9.17) is 32.4 Å². The molecule has 4 rings (SSSR count). The van der Waals surface area contributed by atoms with Crippen LogP contribution in [-0.2, 0) is 6.42 Å². The van der Waals surface area contributed by atoms with Crippen LogP contribution in [-0.4, -0.2) is 58.3 Å². The molecule has 10 heteroatoms. The number of para-hydroxylation sites is 2. The molecule has 0 aromatic heterocycles. The summed E-state index contributed by atoms with van der Waals surface area (Å²) in [5.74, 6) is 1.38. The molecule has 0 aliphatic rings. The summed E-state index contributed by atoms with van der Waals surface area (Å²) in [5.41, 5.74) is 28.1. The van der Waals surface area contributed by atoms with Crippen molar-refractivity contribution >= 4 is 0 Å². The number of aliphatic hydroxyl groups excluding tert-OH is 4. The number of methoxy groups -OCH3 is 1. The minimum atomic E-state index is -0.670. The molecule has 0 saturated heterocycles. The van der Waals surface area contributed by atoms with E-state index < -0.39 is 24.4 Å². The van der Waals surface area contributed by atoms with Crippen LogP contribution >= 0.6 is 0 Å². The predicted octanol–water partition coefficient (Wildman–Crippen LogP) is 5.55. The average molecular weight is 721 g/mol. The number of hydrogen-bond donors (Lipinski definition) is 8. The van der Waals surface area contributed by atoms with Gasteiger partial charge in [0.05, 0.1) is 38.1 Å². The fourth-order valence-corrected chi connectivity index (χ4v) is 5.12. The summed E-state index contributed by atoms with van der Waals surface area (Å²) in [4.78, 5) is 0. The summed E-state index contributed by atoms with van der Waals surface area (Å²) < 4.78 is 10.5. The van der Waals surface area contributed by atoms with Crippen molar-refractivity contribution in [3.8, 4) is 11.5 Å². The third-order valence-corrected chi connectivity index (χ3v) is 8.25. The Labute approximate surface area is 311 Å². The van der Waals surface area contributed by atoms with Gasteiger partial charge in [-0.1, -0.05) is 91.9 Å². The fraction of sp³-hybridized carbons (Fsp3) is 0.429. The van der Waals surface area contributed by atoms with Gasteiger partial charge < -0.3 is 52.8 Å². The second-order valence-electron chi connectivity index (χ2n) is 12.8. The topological polar surface area (TPSA) is 203 Å². The third kappa shape index (κ3) is 15.0. The van der Waals surface area contributed by atoms with Crippen LogP contribution in [0.5, 0.6) is 11.5 Å². The zero-order valence-corrected chi connectivity index (χ0v) is 32.2. The van der Waals surface area contributed by atoms with Gasteiger partial charge in [-0.3, -0.25) is 0 Å². The summed E-state index contributed by atoms with van der Waals surface area (Å²) in [6.07, 6.45) is -1.50. The molecule has 4 aromatic rings. The molecular weight excluding hydrogens is 656 g/mol. The van der Waals surface area contributed by atoms with Gasteiger partial charge in [-0.15, -0.1) is 0 Å². The molecule has 0 spiro atoms. The predicted molar refractivity (Wildman–Crippen MR) is 212 cm³/mol. The minimum absolute atomic E-state index is 0.215. The molecule has 10 nitrogen and oxygen atoms in total. The number of nitrogens with two attached hydrogens (primary N) is 4. The number of rotatable bonds is 12. The lowest BCUT2D eigenvalue weighted by Crippen LogP contribution is -2.25. The van der Waals surface area contributed by atoms with Crippen LogP contribution in [0.2, 0.25) is 0 Å². The number of aryl methyl sites for hydroxylation is 2. The smallest absolute Gasteiger partial charge is 0.125 e. The molecule has 4 aromatic carbocycles. The van der Waals surface area contributed by atoms with Gasteiger partial charge in [0.25, 0.3) is 0 Å². The molecule has 0 radical (unpaired) electrons. The molecule has 0 aliphatic carbocycles. The van der Waals surface area contributed by atoms with Gasteiger partial charge in [0, 0.05) is 35.3 Å². The Hall–Kier alpha value is -3.84. The van der Waals surface area contributed by atoms with E-state index in [1.54, 1.807) is 33.9 Å². The average Bonchev–Trinajstić information content (AvgIpc) is 3.14. The SMILES string of the molecule is CCOc1ccccc1C(O)C(C)N.CCc1ccccc1C(O)C(C)N.COc1ccccc1C(O)C(C)N.Cc1ccccc1C(O)C(C)N. The molecule has 0 amide bonds. The van der Waals surface area contributed by atoms with Gasteiger partial charge in [-0.05, 0) is 82.3 Å². The lowest BCUT2D eigenvalue weighted by Gasteiger charge is -2.18. The normalized spacial score (nSPS) is 15.2. The molecule has 8 unspecified atom stereocenters. The fourth-order valence-electron chi connectivity index (χ4n) is 5.12. The maximum atomic E-state index is 9.80. The Balaban J connectivity index is 0.000000347. The van der Waals surface area contributed by atoms with Gasteiger partial charge in [-0.25, -0.2) is 0 Å². The zero-order valence-electron chi connectivity index (χ0n) is 32.2. The molecular formula is C42H64N4O6. The van der Waals surface area contributed by atoms with Gasteiger partial charge in [0.15, 0.2) is 0 Å². The Bertz CT molecular complexity index is 1490. The highest BCUT2D eigenvalue weighted by atomic mass is 16.5. The second kappa shape index (κ2) is 24.4. The highest BCUT2D eigenvalue weighted by Gasteiger charge is 2.18. The Morgan fingerprint density at radius 2 is 0.846 bits per heavy atom. The first-order chi connectivity index (χ1) is 24.6.